The number of benzene rings is 2. The summed E-state index contributed by atoms with van der Waals surface area (Å²) < 4.78 is 12.4. The van der Waals surface area contributed by atoms with Crippen LogP contribution in [0, 0.1) is 0 Å². The summed E-state index contributed by atoms with van der Waals surface area (Å²) in [6.07, 6.45) is 1.82. The van der Waals surface area contributed by atoms with E-state index < -0.39 is 0 Å². The Balaban J connectivity index is 2.25. The molecule has 0 aliphatic rings. The summed E-state index contributed by atoms with van der Waals surface area (Å²) in [4.78, 5) is 0. The molecule has 122 valence electrons. The van der Waals surface area contributed by atoms with E-state index in [4.69, 9.17) is 21.1 Å². The number of methoxy groups -OCH3 is 1. The van der Waals surface area contributed by atoms with Gasteiger partial charge in [-0.15, -0.1) is 6.58 Å². The van der Waals surface area contributed by atoms with E-state index in [1.54, 1.807) is 7.11 Å². The van der Waals surface area contributed by atoms with Crippen molar-refractivity contribution in [2.75, 3.05) is 13.7 Å². The van der Waals surface area contributed by atoms with Crippen LogP contribution < -0.4 is 14.8 Å². The number of hydrogen-bond acceptors (Lipinski definition) is 3. The maximum absolute atomic E-state index is 6.19. The lowest BCUT2D eigenvalue weighted by Gasteiger charge is -2.17. The lowest BCUT2D eigenvalue weighted by molar-refractivity contribution is 0.280. The van der Waals surface area contributed by atoms with Gasteiger partial charge in [0.1, 0.15) is 6.61 Å². The Morgan fingerprint density at radius 1 is 1.26 bits per heavy atom. The van der Waals surface area contributed by atoms with Crippen LogP contribution in [-0.4, -0.2) is 13.7 Å². The monoisotopic (exact) mass is 395 g/mol. The number of ether oxygens (including phenoxy) is 2. The molecule has 0 atom stereocenters. The van der Waals surface area contributed by atoms with Crippen LogP contribution >= 0.6 is 27.5 Å². The SMILES string of the molecule is C=CCNCc1c(Br)ccc(OC)c1OCc1ccccc1Cl. The first-order chi connectivity index (χ1) is 11.2. The fourth-order valence-electron chi connectivity index (χ4n) is 2.13. The molecular weight excluding hydrogens is 378 g/mol. The molecular formula is C18H19BrClNO2. The van der Waals surface area contributed by atoms with Crippen LogP contribution in [0.5, 0.6) is 11.5 Å². The van der Waals surface area contributed by atoms with Crippen molar-refractivity contribution in [3.05, 3.63) is 69.7 Å². The molecule has 2 aromatic rings. The summed E-state index contributed by atoms with van der Waals surface area (Å²) in [6.45, 7) is 5.44. The highest BCUT2D eigenvalue weighted by molar-refractivity contribution is 9.10. The fourth-order valence-corrected chi connectivity index (χ4v) is 2.77. The second kappa shape index (κ2) is 8.96. The molecule has 2 aromatic carbocycles. The van der Waals surface area contributed by atoms with Crippen LogP contribution in [0.15, 0.2) is 53.5 Å². The predicted octanol–water partition coefficient (Wildman–Crippen LogP) is 4.97. The van der Waals surface area contributed by atoms with Crippen molar-refractivity contribution >= 4 is 27.5 Å². The summed E-state index contributed by atoms with van der Waals surface area (Å²) in [6, 6.07) is 11.5. The minimum absolute atomic E-state index is 0.376. The first-order valence-corrected chi connectivity index (χ1v) is 8.37. The third-order valence-corrected chi connectivity index (χ3v) is 4.42. The van der Waals surface area contributed by atoms with Crippen LogP contribution in [0.2, 0.25) is 5.02 Å². The van der Waals surface area contributed by atoms with E-state index in [-0.39, 0.29) is 0 Å². The molecule has 0 aliphatic carbocycles. The first kappa shape index (κ1) is 17.9. The van der Waals surface area contributed by atoms with Crippen molar-refractivity contribution in [2.24, 2.45) is 0 Å². The van der Waals surface area contributed by atoms with Gasteiger partial charge in [0.2, 0.25) is 0 Å². The predicted molar refractivity (Wildman–Crippen MR) is 98.4 cm³/mol. The lowest BCUT2D eigenvalue weighted by atomic mass is 10.1. The van der Waals surface area contributed by atoms with Crippen LogP contribution in [0.3, 0.4) is 0 Å². The molecule has 0 aliphatic heterocycles. The normalized spacial score (nSPS) is 10.4. The van der Waals surface area contributed by atoms with Gasteiger partial charge in [-0.25, -0.2) is 0 Å². The highest BCUT2D eigenvalue weighted by Gasteiger charge is 2.15. The standard InChI is InChI=1S/C18H19BrClNO2/c1-3-10-21-11-14-15(19)8-9-17(22-2)18(14)23-12-13-6-4-5-7-16(13)20/h3-9,21H,1,10-12H2,2H3. The Morgan fingerprint density at radius 2 is 2.04 bits per heavy atom. The molecule has 0 unspecified atom stereocenters. The van der Waals surface area contributed by atoms with Crippen molar-refractivity contribution in [1.29, 1.82) is 0 Å². The molecule has 0 fully saturated rings. The van der Waals surface area contributed by atoms with Crippen molar-refractivity contribution in [3.63, 3.8) is 0 Å². The van der Waals surface area contributed by atoms with Gasteiger partial charge < -0.3 is 14.8 Å². The molecule has 5 heteroatoms. The van der Waals surface area contributed by atoms with Gasteiger partial charge in [-0.2, -0.15) is 0 Å². The van der Waals surface area contributed by atoms with Gasteiger partial charge in [-0.05, 0) is 18.2 Å². The van der Waals surface area contributed by atoms with Crippen LogP contribution in [0.1, 0.15) is 11.1 Å². The Kier molecular flexibility index (Phi) is 6.96. The molecule has 3 nitrogen and oxygen atoms in total. The van der Waals surface area contributed by atoms with Crippen LogP contribution in [0.25, 0.3) is 0 Å². The van der Waals surface area contributed by atoms with Crippen LogP contribution in [0.4, 0.5) is 0 Å². The molecule has 1 N–H and O–H groups in total. The number of hydrogen-bond donors (Lipinski definition) is 1. The van der Waals surface area contributed by atoms with E-state index in [0.717, 1.165) is 15.6 Å². The average Bonchev–Trinajstić information content (AvgIpc) is 2.56. The maximum atomic E-state index is 6.19. The molecule has 0 heterocycles. The minimum Gasteiger partial charge on any atom is -0.493 e. The molecule has 0 spiro atoms. The summed E-state index contributed by atoms with van der Waals surface area (Å²) in [5.74, 6) is 1.40. The van der Waals surface area contributed by atoms with Gasteiger partial charge in [-0.3, -0.25) is 0 Å². The fraction of sp³-hybridized carbons (Fsp3) is 0.222. The first-order valence-electron chi connectivity index (χ1n) is 7.20. The number of halogens is 2. The van der Waals surface area contributed by atoms with E-state index in [1.165, 1.54) is 0 Å². The lowest BCUT2D eigenvalue weighted by Crippen LogP contribution is -2.14. The molecule has 23 heavy (non-hydrogen) atoms. The third kappa shape index (κ3) is 4.74. The van der Waals surface area contributed by atoms with Crippen molar-refractivity contribution in [3.8, 4) is 11.5 Å². The minimum atomic E-state index is 0.376. The van der Waals surface area contributed by atoms with Crippen molar-refractivity contribution < 1.29 is 9.47 Å². The summed E-state index contributed by atoms with van der Waals surface area (Å²) in [5.41, 5.74) is 1.93. The number of rotatable bonds is 8. The van der Waals surface area contributed by atoms with Crippen molar-refractivity contribution in [1.82, 2.24) is 5.32 Å². The topological polar surface area (TPSA) is 30.5 Å². The van der Waals surface area contributed by atoms with E-state index in [9.17, 15) is 0 Å². The summed E-state index contributed by atoms with van der Waals surface area (Å²) in [7, 11) is 1.63. The Hall–Kier alpha value is -1.49. The molecule has 0 amide bonds. The van der Waals surface area contributed by atoms with Gasteiger partial charge >= 0.3 is 0 Å². The number of nitrogens with one attached hydrogen (secondary N) is 1. The van der Waals surface area contributed by atoms with Gasteiger partial charge in [-0.1, -0.05) is 51.8 Å². The van der Waals surface area contributed by atoms with Gasteiger partial charge in [0.05, 0.1) is 7.11 Å². The second-order valence-electron chi connectivity index (χ2n) is 4.86. The quantitative estimate of drug-likeness (QED) is 0.505. The highest BCUT2D eigenvalue weighted by atomic mass is 79.9. The molecule has 0 bridgehead atoms. The second-order valence-corrected chi connectivity index (χ2v) is 6.12. The Morgan fingerprint density at radius 3 is 2.74 bits per heavy atom. The molecule has 0 aromatic heterocycles. The summed E-state index contributed by atoms with van der Waals surface area (Å²) in [5, 5.41) is 3.97. The summed E-state index contributed by atoms with van der Waals surface area (Å²) >= 11 is 9.77. The zero-order valence-corrected chi connectivity index (χ0v) is 15.3. The zero-order valence-electron chi connectivity index (χ0n) is 12.9. The molecule has 2 rings (SSSR count). The van der Waals surface area contributed by atoms with Gasteiger partial charge in [0, 0.05) is 33.7 Å². The molecule has 0 saturated carbocycles. The van der Waals surface area contributed by atoms with Crippen LogP contribution in [-0.2, 0) is 13.2 Å². The zero-order chi connectivity index (χ0) is 16.7. The maximum Gasteiger partial charge on any atom is 0.167 e. The largest absolute Gasteiger partial charge is 0.493 e. The highest BCUT2D eigenvalue weighted by Crippen LogP contribution is 2.37. The van der Waals surface area contributed by atoms with Gasteiger partial charge in [0.15, 0.2) is 11.5 Å². The Labute approximate surface area is 150 Å². The van der Waals surface area contributed by atoms with Crippen molar-refractivity contribution in [2.45, 2.75) is 13.2 Å². The third-order valence-electron chi connectivity index (χ3n) is 3.31. The molecule has 0 radical (unpaired) electrons. The van der Waals surface area contributed by atoms with E-state index in [0.29, 0.717) is 36.2 Å². The average molecular weight is 397 g/mol. The van der Waals surface area contributed by atoms with E-state index >= 15 is 0 Å². The smallest absolute Gasteiger partial charge is 0.167 e. The Bertz CT molecular complexity index is 676. The van der Waals surface area contributed by atoms with E-state index in [1.807, 2.05) is 42.5 Å². The molecule has 0 saturated heterocycles. The van der Waals surface area contributed by atoms with Gasteiger partial charge in [0.25, 0.3) is 0 Å². The van der Waals surface area contributed by atoms with E-state index in [2.05, 4.69) is 27.8 Å².